The van der Waals surface area contributed by atoms with Gasteiger partial charge in [-0.2, -0.15) is 18.3 Å². The SMILES string of the molecule is Nc1cccc(S(=O)(=O)Nc2cccc(C(O)CNCCOc3ccc4c(C(F)(F)F)[nH]nc4c3)c2)c1. The highest BCUT2D eigenvalue weighted by molar-refractivity contribution is 7.92. The summed E-state index contributed by atoms with van der Waals surface area (Å²) >= 11 is 0. The molecule has 196 valence electrons. The van der Waals surface area contributed by atoms with Crippen molar-refractivity contribution in [3.8, 4) is 5.75 Å². The van der Waals surface area contributed by atoms with Gasteiger partial charge >= 0.3 is 6.18 Å². The Labute approximate surface area is 210 Å². The minimum atomic E-state index is -4.53. The van der Waals surface area contributed by atoms with Gasteiger partial charge in [-0.1, -0.05) is 18.2 Å². The zero-order chi connectivity index (χ0) is 26.6. The molecular formula is C24H24F3N5O4S. The molecule has 0 aliphatic heterocycles. The van der Waals surface area contributed by atoms with Crippen LogP contribution in [0.1, 0.15) is 17.4 Å². The molecular weight excluding hydrogens is 511 g/mol. The van der Waals surface area contributed by atoms with Crippen LogP contribution in [0.15, 0.2) is 71.6 Å². The van der Waals surface area contributed by atoms with Gasteiger partial charge in [-0.3, -0.25) is 9.82 Å². The lowest BCUT2D eigenvalue weighted by molar-refractivity contribution is -0.139. The van der Waals surface area contributed by atoms with Crippen LogP contribution < -0.4 is 20.5 Å². The second-order valence-electron chi connectivity index (χ2n) is 8.15. The molecule has 0 aliphatic carbocycles. The summed E-state index contributed by atoms with van der Waals surface area (Å²) in [5, 5.41) is 19.1. The number of nitrogens with two attached hydrogens (primary N) is 1. The first kappa shape index (κ1) is 26.3. The number of aliphatic hydroxyl groups excluding tert-OH is 1. The van der Waals surface area contributed by atoms with Crippen LogP contribution in [0.4, 0.5) is 24.5 Å². The molecule has 4 rings (SSSR count). The molecule has 3 aromatic carbocycles. The van der Waals surface area contributed by atoms with Crippen molar-refractivity contribution in [2.24, 2.45) is 0 Å². The number of anilines is 2. The third-order valence-electron chi connectivity index (χ3n) is 5.39. The predicted molar refractivity (Wildman–Crippen MR) is 133 cm³/mol. The van der Waals surface area contributed by atoms with Crippen molar-refractivity contribution in [3.63, 3.8) is 0 Å². The van der Waals surface area contributed by atoms with Gasteiger partial charge in [0.2, 0.25) is 0 Å². The van der Waals surface area contributed by atoms with E-state index in [1.807, 2.05) is 5.10 Å². The second-order valence-corrected chi connectivity index (χ2v) is 9.83. The first-order chi connectivity index (χ1) is 17.5. The number of sulfonamides is 1. The van der Waals surface area contributed by atoms with Crippen LogP contribution in [0.5, 0.6) is 5.75 Å². The summed E-state index contributed by atoms with van der Waals surface area (Å²) in [6.07, 6.45) is -5.46. The van der Waals surface area contributed by atoms with Crippen molar-refractivity contribution in [3.05, 3.63) is 78.0 Å². The fraction of sp³-hybridized carbons (Fsp3) is 0.208. The highest BCUT2D eigenvalue weighted by Crippen LogP contribution is 2.34. The number of aromatic nitrogens is 2. The van der Waals surface area contributed by atoms with Crippen molar-refractivity contribution in [1.29, 1.82) is 0 Å². The standard InChI is InChI=1S/C24H24F3N5O4S/c25-24(26,27)23-20-8-7-18(13-21(20)30-31-23)36-10-9-29-14-22(33)15-3-1-5-17(11-15)32-37(34,35)19-6-2-4-16(28)12-19/h1-8,11-13,22,29,32-33H,9-10,14,28H2,(H,30,31). The molecule has 0 aliphatic rings. The molecule has 0 saturated carbocycles. The van der Waals surface area contributed by atoms with Gasteiger partial charge in [0.15, 0.2) is 0 Å². The Kier molecular flexibility index (Phi) is 7.57. The smallest absolute Gasteiger partial charge is 0.433 e. The number of ether oxygens (including phenoxy) is 1. The van der Waals surface area contributed by atoms with E-state index in [4.69, 9.17) is 10.5 Å². The molecule has 37 heavy (non-hydrogen) atoms. The number of nitrogens with zero attached hydrogens (tertiary/aromatic N) is 1. The topological polar surface area (TPSA) is 142 Å². The number of aliphatic hydroxyl groups is 1. The van der Waals surface area contributed by atoms with Gasteiger partial charge in [-0.25, -0.2) is 8.42 Å². The molecule has 1 atom stereocenters. The lowest BCUT2D eigenvalue weighted by Crippen LogP contribution is -2.26. The van der Waals surface area contributed by atoms with E-state index in [9.17, 15) is 26.7 Å². The Morgan fingerprint density at radius 1 is 1.08 bits per heavy atom. The highest BCUT2D eigenvalue weighted by atomic mass is 32.2. The number of nitrogens with one attached hydrogen (secondary N) is 3. The van der Waals surface area contributed by atoms with E-state index < -0.39 is 28.0 Å². The lowest BCUT2D eigenvalue weighted by Gasteiger charge is -2.15. The number of halogens is 3. The maximum absolute atomic E-state index is 12.9. The zero-order valence-corrected chi connectivity index (χ0v) is 20.1. The molecule has 0 fully saturated rings. The number of benzene rings is 3. The van der Waals surface area contributed by atoms with E-state index in [-0.39, 0.29) is 34.6 Å². The number of aromatic amines is 1. The van der Waals surface area contributed by atoms with Crippen molar-refractivity contribution < 1.29 is 31.4 Å². The minimum Gasteiger partial charge on any atom is -0.492 e. The molecule has 0 spiro atoms. The van der Waals surface area contributed by atoms with E-state index in [1.54, 1.807) is 30.3 Å². The quantitative estimate of drug-likeness (QED) is 0.154. The lowest BCUT2D eigenvalue weighted by atomic mass is 10.1. The van der Waals surface area contributed by atoms with E-state index in [0.717, 1.165) is 0 Å². The summed E-state index contributed by atoms with van der Waals surface area (Å²) in [7, 11) is -3.85. The predicted octanol–water partition coefficient (Wildman–Crippen LogP) is 3.67. The number of rotatable bonds is 10. The van der Waals surface area contributed by atoms with Gasteiger partial charge < -0.3 is 20.9 Å². The van der Waals surface area contributed by atoms with Gasteiger partial charge in [-0.05, 0) is 48.0 Å². The van der Waals surface area contributed by atoms with Gasteiger partial charge in [0.25, 0.3) is 10.0 Å². The number of alkyl halides is 3. The van der Waals surface area contributed by atoms with Gasteiger partial charge in [0, 0.05) is 35.9 Å². The Bertz CT molecular complexity index is 1490. The molecule has 0 amide bonds. The van der Waals surface area contributed by atoms with Crippen molar-refractivity contribution >= 4 is 32.3 Å². The summed E-state index contributed by atoms with van der Waals surface area (Å²) in [6, 6.07) is 16.4. The molecule has 9 nitrogen and oxygen atoms in total. The van der Waals surface area contributed by atoms with Crippen LogP contribution in [0, 0.1) is 0 Å². The number of hydrogen-bond donors (Lipinski definition) is 5. The zero-order valence-electron chi connectivity index (χ0n) is 19.3. The molecule has 1 heterocycles. The maximum Gasteiger partial charge on any atom is 0.433 e. The van der Waals surface area contributed by atoms with Crippen molar-refractivity contribution in [1.82, 2.24) is 15.5 Å². The fourth-order valence-electron chi connectivity index (χ4n) is 3.60. The monoisotopic (exact) mass is 535 g/mol. The van der Waals surface area contributed by atoms with Crippen LogP contribution in [-0.2, 0) is 16.2 Å². The molecule has 4 aromatic rings. The van der Waals surface area contributed by atoms with E-state index >= 15 is 0 Å². The van der Waals surface area contributed by atoms with E-state index in [2.05, 4.69) is 15.1 Å². The Balaban J connectivity index is 1.27. The first-order valence-electron chi connectivity index (χ1n) is 11.1. The average molecular weight is 536 g/mol. The summed E-state index contributed by atoms with van der Waals surface area (Å²) in [5.74, 6) is 0.357. The summed E-state index contributed by atoms with van der Waals surface area (Å²) in [5.41, 5.74) is 5.99. The maximum atomic E-state index is 12.9. The van der Waals surface area contributed by atoms with Crippen molar-refractivity contribution in [2.75, 3.05) is 30.2 Å². The molecule has 0 saturated heterocycles. The fourth-order valence-corrected chi connectivity index (χ4v) is 4.70. The number of H-pyrrole nitrogens is 1. The van der Waals surface area contributed by atoms with Crippen LogP contribution in [-0.4, -0.2) is 43.4 Å². The summed E-state index contributed by atoms with van der Waals surface area (Å²) < 4.78 is 72.0. The van der Waals surface area contributed by atoms with E-state index in [0.29, 0.717) is 23.5 Å². The molecule has 13 heteroatoms. The first-order valence-corrected chi connectivity index (χ1v) is 12.6. The third kappa shape index (κ3) is 6.50. The van der Waals surface area contributed by atoms with E-state index in [1.165, 1.54) is 36.4 Å². The Morgan fingerprint density at radius 3 is 2.62 bits per heavy atom. The van der Waals surface area contributed by atoms with Crippen LogP contribution >= 0.6 is 0 Å². The summed E-state index contributed by atoms with van der Waals surface area (Å²) in [6.45, 7) is 0.683. The number of fused-ring (bicyclic) bond motifs is 1. The number of nitrogen functional groups attached to an aromatic ring is 1. The van der Waals surface area contributed by atoms with Gasteiger partial charge in [0.05, 0.1) is 16.5 Å². The largest absolute Gasteiger partial charge is 0.492 e. The Hall–Kier alpha value is -3.81. The highest BCUT2D eigenvalue weighted by Gasteiger charge is 2.35. The molecule has 0 bridgehead atoms. The normalized spacial score (nSPS) is 13.0. The molecule has 6 N–H and O–H groups in total. The second kappa shape index (κ2) is 10.7. The van der Waals surface area contributed by atoms with Gasteiger partial charge in [0.1, 0.15) is 18.1 Å². The number of hydrogen-bond acceptors (Lipinski definition) is 7. The van der Waals surface area contributed by atoms with Crippen LogP contribution in [0.3, 0.4) is 0 Å². The van der Waals surface area contributed by atoms with Gasteiger partial charge in [-0.15, -0.1) is 0 Å². The molecule has 0 radical (unpaired) electrons. The summed E-state index contributed by atoms with van der Waals surface area (Å²) in [4.78, 5) is 0.0207. The minimum absolute atomic E-state index is 0.0207. The Morgan fingerprint density at radius 2 is 1.86 bits per heavy atom. The average Bonchev–Trinajstić information content (AvgIpc) is 3.28. The van der Waals surface area contributed by atoms with Crippen molar-refractivity contribution in [2.45, 2.75) is 17.2 Å². The third-order valence-corrected chi connectivity index (χ3v) is 6.77. The molecule has 1 unspecified atom stereocenters. The molecule has 1 aromatic heterocycles. The van der Waals surface area contributed by atoms with Crippen LogP contribution in [0.25, 0.3) is 10.9 Å². The van der Waals surface area contributed by atoms with Crippen LogP contribution in [0.2, 0.25) is 0 Å².